The van der Waals surface area contributed by atoms with Crippen LogP contribution in [0.1, 0.15) is 41.0 Å². The third-order valence-electron chi connectivity index (χ3n) is 2.00. The van der Waals surface area contributed by atoms with Crippen molar-refractivity contribution < 1.29 is 0 Å². The Hall–Kier alpha value is -0.0400. The van der Waals surface area contributed by atoms with Gasteiger partial charge in [0.05, 0.1) is 0 Å². The Morgan fingerprint density at radius 2 is 1.64 bits per heavy atom. The monoisotopic (exact) mass is 157 g/mol. The molecule has 0 saturated carbocycles. The normalized spacial score (nSPS) is 14.5. The van der Waals surface area contributed by atoms with Gasteiger partial charge in [-0.3, -0.25) is 0 Å². The molecule has 68 valence electrons. The highest BCUT2D eigenvalue weighted by Crippen LogP contribution is 2.11. The van der Waals surface area contributed by atoms with E-state index < -0.39 is 0 Å². The molecule has 0 aliphatic heterocycles. The van der Waals surface area contributed by atoms with Gasteiger partial charge in [-0.05, 0) is 24.8 Å². The molecule has 1 nitrogen and oxygen atoms in total. The van der Waals surface area contributed by atoms with Gasteiger partial charge in [0.1, 0.15) is 0 Å². The third-order valence-corrected chi connectivity index (χ3v) is 2.00. The zero-order chi connectivity index (χ0) is 8.85. The van der Waals surface area contributed by atoms with E-state index in [0.717, 1.165) is 18.4 Å². The van der Waals surface area contributed by atoms with Crippen LogP contribution in [0.15, 0.2) is 0 Å². The van der Waals surface area contributed by atoms with Crippen molar-refractivity contribution in [2.45, 2.75) is 47.1 Å². The summed E-state index contributed by atoms with van der Waals surface area (Å²) in [6.07, 6.45) is 1.30. The van der Waals surface area contributed by atoms with Crippen molar-refractivity contribution >= 4 is 0 Å². The summed E-state index contributed by atoms with van der Waals surface area (Å²) in [4.78, 5) is 0. The Morgan fingerprint density at radius 1 is 1.09 bits per heavy atom. The summed E-state index contributed by atoms with van der Waals surface area (Å²) in [5, 5.41) is 3.51. The minimum absolute atomic E-state index is 0.708. The molecule has 0 rings (SSSR count). The molecule has 0 amide bonds. The van der Waals surface area contributed by atoms with Crippen LogP contribution in [0.3, 0.4) is 0 Å². The van der Waals surface area contributed by atoms with Crippen LogP contribution in [-0.2, 0) is 0 Å². The van der Waals surface area contributed by atoms with E-state index in [1.54, 1.807) is 0 Å². The van der Waals surface area contributed by atoms with Gasteiger partial charge >= 0.3 is 0 Å². The Kier molecular flexibility index (Phi) is 5.57. The van der Waals surface area contributed by atoms with Gasteiger partial charge in [-0.25, -0.2) is 0 Å². The standard InChI is InChI=1S/C10H23N/c1-6-11-10(9(4)5)7-8(2)3/h8-11H,6-7H2,1-5H3/t10-/m1/s1. The lowest BCUT2D eigenvalue weighted by Gasteiger charge is -2.23. The Balaban J connectivity index is 3.69. The predicted octanol–water partition coefficient (Wildman–Crippen LogP) is 2.67. The summed E-state index contributed by atoms with van der Waals surface area (Å²) < 4.78 is 0. The molecule has 0 bridgehead atoms. The van der Waals surface area contributed by atoms with Crippen molar-refractivity contribution in [2.24, 2.45) is 11.8 Å². The molecule has 1 atom stereocenters. The summed E-state index contributed by atoms with van der Waals surface area (Å²) in [5.41, 5.74) is 0. The quantitative estimate of drug-likeness (QED) is 0.647. The van der Waals surface area contributed by atoms with Gasteiger partial charge in [-0.15, -0.1) is 0 Å². The molecule has 0 aromatic heterocycles. The van der Waals surface area contributed by atoms with Gasteiger partial charge < -0.3 is 5.32 Å². The summed E-state index contributed by atoms with van der Waals surface area (Å²) in [6.45, 7) is 12.4. The second kappa shape index (κ2) is 5.59. The average Bonchev–Trinajstić information content (AvgIpc) is 1.86. The smallest absolute Gasteiger partial charge is 0.00923 e. The van der Waals surface area contributed by atoms with E-state index in [1.165, 1.54) is 6.42 Å². The molecule has 0 radical (unpaired) electrons. The van der Waals surface area contributed by atoms with E-state index in [9.17, 15) is 0 Å². The van der Waals surface area contributed by atoms with Crippen molar-refractivity contribution in [2.75, 3.05) is 6.54 Å². The Labute approximate surface area is 71.6 Å². The van der Waals surface area contributed by atoms with E-state index in [1.807, 2.05) is 0 Å². The van der Waals surface area contributed by atoms with E-state index in [2.05, 4.69) is 39.9 Å². The highest BCUT2D eigenvalue weighted by Gasteiger charge is 2.12. The Bertz CT molecular complexity index is 86.9. The fraction of sp³-hybridized carbons (Fsp3) is 1.00. The molecule has 0 saturated heterocycles. The second-order valence-corrected chi connectivity index (χ2v) is 4.04. The molecule has 0 unspecified atom stereocenters. The number of hydrogen-bond acceptors (Lipinski definition) is 1. The van der Waals surface area contributed by atoms with Gasteiger partial charge in [-0.2, -0.15) is 0 Å². The number of nitrogens with one attached hydrogen (secondary N) is 1. The van der Waals surface area contributed by atoms with Crippen LogP contribution in [0.4, 0.5) is 0 Å². The first-order valence-corrected chi connectivity index (χ1v) is 4.81. The SMILES string of the molecule is CCN[C@H](CC(C)C)C(C)C. The predicted molar refractivity (Wildman–Crippen MR) is 51.8 cm³/mol. The first kappa shape index (κ1) is 11.0. The largest absolute Gasteiger partial charge is 0.314 e. The zero-order valence-corrected chi connectivity index (χ0v) is 8.65. The fourth-order valence-electron chi connectivity index (χ4n) is 1.36. The lowest BCUT2D eigenvalue weighted by atomic mass is 9.95. The van der Waals surface area contributed by atoms with Crippen LogP contribution < -0.4 is 5.32 Å². The first-order chi connectivity index (χ1) is 5.07. The summed E-state index contributed by atoms with van der Waals surface area (Å²) in [5.74, 6) is 1.57. The zero-order valence-electron chi connectivity index (χ0n) is 8.65. The summed E-state index contributed by atoms with van der Waals surface area (Å²) in [6, 6.07) is 0.708. The van der Waals surface area contributed by atoms with Crippen molar-refractivity contribution in [3.63, 3.8) is 0 Å². The van der Waals surface area contributed by atoms with Crippen molar-refractivity contribution in [3.8, 4) is 0 Å². The van der Waals surface area contributed by atoms with Crippen LogP contribution in [-0.4, -0.2) is 12.6 Å². The average molecular weight is 157 g/mol. The molecule has 0 fully saturated rings. The third kappa shape index (κ3) is 5.25. The van der Waals surface area contributed by atoms with Crippen LogP contribution in [0.5, 0.6) is 0 Å². The molecule has 0 aliphatic rings. The van der Waals surface area contributed by atoms with Gasteiger partial charge in [-0.1, -0.05) is 34.6 Å². The Morgan fingerprint density at radius 3 is 1.91 bits per heavy atom. The maximum absolute atomic E-state index is 3.51. The molecule has 11 heavy (non-hydrogen) atoms. The molecular formula is C10H23N. The van der Waals surface area contributed by atoms with Crippen LogP contribution >= 0.6 is 0 Å². The van der Waals surface area contributed by atoms with E-state index in [0.29, 0.717) is 6.04 Å². The van der Waals surface area contributed by atoms with Crippen LogP contribution in [0.2, 0.25) is 0 Å². The molecule has 0 spiro atoms. The molecule has 0 aliphatic carbocycles. The van der Waals surface area contributed by atoms with Crippen molar-refractivity contribution in [3.05, 3.63) is 0 Å². The van der Waals surface area contributed by atoms with Gasteiger partial charge in [0.15, 0.2) is 0 Å². The van der Waals surface area contributed by atoms with E-state index >= 15 is 0 Å². The second-order valence-electron chi connectivity index (χ2n) is 4.04. The van der Waals surface area contributed by atoms with Gasteiger partial charge in [0, 0.05) is 6.04 Å². The molecule has 0 aromatic carbocycles. The van der Waals surface area contributed by atoms with Crippen LogP contribution in [0, 0.1) is 11.8 Å². The first-order valence-electron chi connectivity index (χ1n) is 4.81. The molecule has 1 N–H and O–H groups in total. The highest BCUT2D eigenvalue weighted by atomic mass is 14.9. The topological polar surface area (TPSA) is 12.0 Å². The highest BCUT2D eigenvalue weighted by molar-refractivity contribution is 4.70. The van der Waals surface area contributed by atoms with Crippen molar-refractivity contribution in [1.82, 2.24) is 5.32 Å². The maximum Gasteiger partial charge on any atom is 0.00923 e. The maximum atomic E-state index is 3.51. The van der Waals surface area contributed by atoms with Gasteiger partial charge in [0.25, 0.3) is 0 Å². The summed E-state index contributed by atoms with van der Waals surface area (Å²) >= 11 is 0. The molecule has 1 heteroatoms. The fourth-order valence-corrected chi connectivity index (χ4v) is 1.36. The lowest BCUT2D eigenvalue weighted by molar-refractivity contribution is 0.344. The number of hydrogen-bond donors (Lipinski definition) is 1. The summed E-state index contributed by atoms with van der Waals surface area (Å²) in [7, 11) is 0. The molecular weight excluding hydrogens is 134 g/mol. The van der Waals surface area contributed by atoms with Crippen molar-refractivity contribution in [1.29, 1.82) is 0 Å². The minimum Gasteiger partial charge on any atom is -0.314 e. The molecule has 0 heterocycles. The van der Waals surface area contributed by atoms with Crippen LogP contribution in [0.25, 0.3) is 0 Å². The lowest BCUT2D eigenvalue weighted by Crippen LogP contribution is -2.34. The minimum atomic E-state index is 0.708. The van der Waals surface area contributed by atoms with E-state index in [-0.39, 0.29) is 0 Å². The number of rotatable bonds is 5. The van der Waals surface area contributed by atoms with E-state index in [4.69, 9.17) is 0 Å². The molecule has 0 aromatic rings. The van der Waals surface area contributed by atoms with Gasteiger partial charge in [0.2, 0.25) is 0 Å².